The summed E-state index contributed by atoms with van der Waals surface area (Å²) in [6, 6.07) is 0. The number of aryl methyl sites for hydroxylation is 2. The Kier molecular flexibility index (Phi) is 7.07. The highest BCUT2D eigenvalue weighted by atomic mass is 19.1. The molecule has 10 heteroatoms. The van der Waals surface area contributed by atoms with Crippen molar-refractivity contribution in [2.75, 3.05) is 13.6 Å². The second kappa shape index (κ2) is 9.57. The molecule has 0 unspecified atom stereocenters. The minimum atomic E-state index is -1.51. The van der Waals surface area contributed by atoms with Crippen LogP contribution in [0.3, 0.4) is 0 Å². The predicted molar refractivity (Wildman–Crippen MR) is 112 cm³/mol. The van der Waals surface area contributed by atoms with E-state index in [4.69, 9.17) is 9.47 Å². The van der Waals surface area contributed by atoms with E-state index in [1.54, 1.807) is 13.2 Å². The molecule has 2 aromatic heterocycles. The molecule has 0 bridgehead atoms. The molecule has 0 N–H and O–H groups in total. The molecule has 2 heterocycles. The second-order valence-corrected chi connectivity index (χ2v) is 8.66. The molecule has 2 aromatic rings. The smallest absolute Gasteiger partial charge is 0.409 e. The van der Waals surface area contributed by atoms with Crippen molar-refractivity contribution in [3.63, 3.8) is 0 Å². The lowest BCUT2D eigenvalue weighted by atomic mass is 9.98. The van der Waals surface area contributed by atoms with Gasteiger partial charge in [0.05, 0.1) is 12.7 Å². The van der Waals surface area contributed by atoms with Crippen molar-refractivity contribution in [2.45, 2.75) is 71.3 Å². The molecule has 1 aliphatic carbocycles. The molecule has 1 aliphatic rings. The van der Waals surface area contributed by atoms with Crippen molar-refractivity contribution in [3.8, 4) is 17.3 Å². The Balaban J connectivity index is 1.70. The maximum Gasteiger partial charge on any atom is 0.409 e. The van der Waals surface area contributed by atoms with E-state index in [1.165, 1.54) is 49.7 Å². The Morgan fingerprint density at radius 3 is 2.68 bits per heavy atom. The van der Waals surface area contributed by atoms with E-state index >= 15 is 0 Å². The van der Waals surface area contributed by atoms with E-state index in [1.807, 2.05) is 6.92 Å². The Hall–Kier alpha value is -2.78. The van der Waals surface area contributed by atoms with E-state index in [2.05, 4.69) is 20.3 Å². The summed E-state index contributed by atoms with van der Waals surface area (Å²) >= 11 is 0. The van der Waals surface area contributed by atoms with Crippen LogP contribution in [0.5, 0.6) is 5.88 Å². The minimum absolute atomic E-state index is 0.0736. The minimum Gasteiger partial charge on any atom is -0.473 e. The zero-order valence-electron chi connectivity index (χ0n) is 18.9. The number of halogens is 1. The zero-order chi connectivity index (χ0) is 22.6. The maximum atomic E-state index is 13.8. The van der Waals surface area contributed by atoms with E-state index in [-0.39, 0.29) is 19.3 Å². The van der Waals surface area contributed by atoms with Crippen molar-refractivity contribution in [1.29, 1.82) is 0 Å². The fourth-order valence-corrected chi connectivity index (χ4v) is 3.65. The van der Waals surface area contributed by atoms with Crippen LogP contribution in [-0.4, -0.2) is 61.3 Å². The third kappa shape index (κ3) is 6.11. The Morgan fingerprint density at radius 1 is 1.32 bits per heavy atom. The van der Waals surface area contributed by atoms with Crippen molar-refractivity contribution >= 4 is 6.09 Å². The molecule has 0 radical (unpaired) electrons. The Bertz CT molecular complexity index is 905. The van der Waals surface area contributed by atoms with Gasteiger partial charge in [-0.15, -0.1) is 5.10 Å². The van der Waals surface area contributed by atoms with Crippen LogP contribution >= 0.6 is 0 Å². The van der Waals surface area contributed by atoms with Crippen LogP contribution in [0.2, 0.25) is 0 Å². The van der Waals surface area contributed by atoms with Gasteiger partial charge in [0, 0.05) is 14.1 Å². The third-order valence-corrected chi connectivity index (χ3v) is 5.17. The van der Waals surface area contributed by atoms with Gasteiger partial charge in [-0.1, -0.05) is 11.6 Å². The summed E-state index contributed by atoms with van der Waals surface area (Å²) in [6.07, 6.45) is 6.84. The van der Waals surface area contributed by atoms with Crippen molar-refractivity contribution < 1.29 is 18.7 Å². The van der Waals surface area contributed by atoms with Crippen LogP contribution in [0.1, 0.15) is 57.3 Å². The van der Waals surface area contributed by atoms with Crippen molar-refractivity contribution in [2.24, 2.45) is 7.05 Å². The first-order valence-corrected chi connectivity index (χ1v) is 10.6. The standard InChI is InChI=1S/C21H31FN6O3/c1-14-19(31-15-9-7-6-8-10-15)23-11-16(24-14)18-17(28(5)26-25-18)12-30-20(29)27(4)13-21(2,3)22/h11,15H,6-10,12-13H2,1-5H3. The summed E-state index contributed by atoms with van der Waals surface area (Å²) in [6.45, 7) is 4.51. The molecule has 3 rings (SSSR count). The lowest BCUT2D eigenvalue weighted by molar-refractivity contribution is 0.0795. The molecule has 1 fully saturated rings. The van der Waals surface area contributed by atoms with Gasteiger partial charge in [0.1, 0.15) is 41.2 Å². The average Bonchev–Trinajstić information content (AvgIpc) is 3.07. The number of aromatic nitrogens is 5. The summed E-state index contributed by atoms with van der Waals surface area (Å²) in [7, 11) is 3.20. The number of hydrogen-bond donors (Lipinski definition) is 0. The average molecular weight is 435 g/mol. The topological polar surface area (TPSA) is 95.3 Å². The lowest BCUT2D eigenvalue weighted by Gasteiger charge is -2.23. The molecular formula is C21H31FN6O3. The molecule has 0 saturated heterocycles. The summed E-state index contributed by atoms with van der Waals surface area (Å²) in [5, 5.41) is 8.18. The molecule has 0 atom stereocenters. The summed E-state index contributed by atoms with van der Waals surface area (Å²) in [5.41, 5.74) is 0.716. The second-order valence-electron chi connectivity index (χ2n) is 8.66. The third-order valence-electron chi connectivity index (χ3n) is 5.17. The molecule has 0 spiro atoms. The van der Waals surface area contributed by atoms with Gasteiger partial charge in [-0.2, -0.15) is 0 Å². The summed E-state index contributed by atoms with van der Waals surface area (Å²) in [5.74, 6) is 0.531. The van der Waals surface area contributed by atoms with Crippen molar-refractivity contribution in [3.05, 3.63) is 17.6 Å². The van der Waals surface area contributed by atoms with Crippen LogP contribution in [0.15, 0.2) is 6.20 Å². The number of nitrogens with zero attached hydrogens (tertiary/aromatic N) is 6. The molecular weight excluding hydrogens is 403 g/mol. The molecule has 0 aromatic carbocycles. The Morgan fingerprint density at radius 2 is 2.03 bits per heavy atom. The van der Waals surface area contributed by atoms with Crippen molar-refractivity contribution in [1.82, 2.24) is 29.9 Å². The first-order valence-electron chi connectivity index (χ1n) is 10.6. The SMILES string of the molecule is Cc1nc(-c2nnn(C)c2COC(=O)N(C)CC(C)(C)F)cnc1OC1CCCCC1. The first kappa shape index (κ1) is 22.9. The maximum absolute atomic E-state index is 13.8. The molecule has 1 amide bonds. The zero-order valence-corrected chi connectivity index (χ0v) is 18.9. The highest BCUT2D eigenvalue weighted by Gasteiger charge is 2.24. The quantitative estimate of drug-likeness (QED) is 0.657. The van der Waals surface area contributed by atoms with Crippen LogP contribution in [0.25, 0.3) is 11.4 Å². The number of rotatable bonds is 7. The largest absolute Gasteiger partial charge is 0.473 e. The number of carbonyl (C=O) groups is 1. The van der Waals surface area contributed by atoms with Gasteiger partial charge in [0.15, 0.2) is 0 Å². The fraction of sp³-hybridized carbons (Fsp3) is 0.667. The fourth-order valence-electron chi connectivity index (χ4n) is 3.65. The van der Waals surface area contributed by atoms with Gasteiger partial charge in [0.25, 0.3) is 0 Å². The van der Waals surface area contributed by atoms with Gasteiger partial charge in [-0.25, -0.2) is 23.8 Å². The highest BCUT2D eigenvalue weighted by molar-refractivity contribution is 5.67. The van der Waals surface area contributed by atoms with Gasteiger partial charge >= 0.3 is 6.09 Å². The molecule has 31 heavy (non-hydrogen) atoms. The van der Waals surface area contributed by atoms with Crippen LogP contribution in [-0.2, 0) is 18.4 Å². The molecule has 1 saturated carbocycles. The summed E-state index contributed by atoms with van der Waals surface area (Å²) in [4.78, 5) is 22.4. The molecule has 170 valence electrons. The van der Waals surface area contributed by atoms with Crippen LogP contribution < -0.4 is 4.74 Å². The van der Waals surface area contributed by atoms with E-state index in [0.29, 0.717) is 28.7 Å². The lowest BCUT2D eigenvalue weighted by Crippen LogP contribution is -2.37. The number of hydrogen-bond acceptors (Lipinski definition) is 7. The van der Waals surface area contributed by atoms with E-state index in [9.17, 15) is 9.18 Å². The van der Waals surface area contributed by atoms with E-state index in [0.717, 1.165) is 12.8 Å². The van der Waals surface area contributed by atoms with Gasteiger partial charge in [0.2, 0.25) is 5.88 Å². The highest BCUT2D eigenvalue weighted by Crippen LogP contribution is 2.26. The van der Waals surface area contributed by atoms with E-state index < -0.39 is 11.8 Å². The monoisotopic (exact) mass is 434 g/mol. The first-order chi connectivity index (χ1) is 14.6. The van der Waals surface area contributed by atoms with Gasteiger partial charge < -0.3 is 14.4 Å². The normalized spacial score (nSPS) is 15.0. The van der Waals surface area contributed by atoms with Crippen LogP contribution in [0, 0.1) is 6.92 Å². The molecule has 9 nitrogen and oxygen atoms in total. The summed E-state index contributed by atoms with van der Waals surface area (Å²) < 4.78 is 26.7. The van der Waals surface area contributed by atoms with Crippen LogP contribution in [0.4, 0.5) is 9.18 Å². The predicted octanol–water partition coefficient (Wildman–Crippen LogP) is 3.61. The number of alkyl halides is 1. The van der Waals surface area contributed by atoms with Gasteiger partial charge in [-0.05, 0) is 46.5 Å². The number of carbonyl (C=O) groups excluding carboxylic acids is 1. The number of ether oxygens (including phenoxy) is 2. The van der Waals surface area contributed by atoms with Gasteiger partial charge in [-0.3, -0.25) is 0 Å². The Labute approximate surface area is 182 Å². The molecule has 0 aliphatic heterocycles. The number of amides is 1.